The number of anilines is 1. The normalized spacial score (nSPS) is 11.5. The molecule has 0 N–H and O–H groups in total. The lowest BCUT2D eigenvalue weighted by atomic mass is 10.2. The van der Waals surface area contributed by atoms with Crippen LogP contribution in [0.25, 0.3) is 10.2 Å². The first-order valence-electron chi connectivity index (χ1n) is 11.5. The number of carbonyl (C=O) groups excluding carboxylic acids is 1. The van der Waals surface area contributed by atoms with E-state index in [-0.39, 0.29) is 29.4 Å². The van der Waals surface area contributed by atoms with Crippen LogP contribution in [0.2, 0.25) is 0 Å². The molecule has 0 saturated carbocycles. The zero-order valence-electron chi connectivity index (χ0n) is 19.8. The number of aromatic nitrogens is 1. The van der Waals surface area contributed by atoms with Crippen molar-refractivity contribution in [2.75, 3.05) is 17.3 Å². The van der Waals surface area contributed by atoms with Gasteiger partial charge in [-0.05, 0) is 50.1 Å². The first-order chi connectivity index (χ1) is 16.9. The van der Waals surface area contributed by atoms with Crippen LogP contribution in [-0.4, -0.2) is 31.7 Å². The van der Waals surface area contributed by atoms with Gasteiger partial charge in [0.2, 0.25) is 5.91 Å². The summed E-state index contributed by atoms with van der Waals surface area (Å²) in [4.78, 5) is 20.0. The van der Waals surface area contributed by atoms with E-state index in [0.717, 1.165) is 21.3 Å². The fourth-order valence-electron chi connectivity index (χ4n) is 3.74. The van der Waals surface area contributed by atoms with Gasteiger partial charge < -0.3 is 4.74 Å². The molecule has 4 rings (SSSR count). The summed E-state index contributed by atoms with van der Waals surface area (Å²) < 4.78 is 32.1. The molecule has 4 aromatic rings. The highest BCUT2D eigenvalue weighted by Gasteiger charge is 2.22. The van der Waals surface area contributed by atoms with Gasteiger partial charge >= 0.3 is 0 Å². The molecule has 0 aliphatic rings. The topological polar surface area (TPSA) is 76.6 Å². The summed E-state index contributed by atoms with van der Waals surface area (Å²) in [6.45, 7) is 4.71. The molecule has 0 aliphatic heterocycles. The van der Waals surface area contributed by atoms with Crippen LogP contribution in [0.15, 0.2) is 77.7 Å². The molecule has 0 saturated heterocycles. The number of hydrogen-bond donors (Lipinski definition) is 0. The zero-order chi connectivity index (χ0) is 24.8. The quantitative estimate of drug-likeness (QED) is 0.271. The molecule has 0 fully saturated rings. The summed E-state index contributed by atoms with van der Waals surface area (Å²) in [6, 6.07) is 22.2. The number of carbonyl (C=O) groups is 1. The van der Waals surface area contributed by atoms with Gasteiger partial charge in [0.1, 0.15) is 11.3 Å². The number of amides is 1. The van der Waals surface area contributed by atoms with E-state index in [1.807, 2.05) is 62.4 Å². The van der Waals surface area contributed by atoms with Crippen molar-refractivity contribution in [3.05, 3.63) is 83.9 Å². The van der Waals surface area contributed by atoms with Gasteiger partial charge in [-0.25, -0.2) is 13.4 Å². The van der Waals surface area contributed by atoms with Crippen LogP contribution < -0.4 is 9.64 Å². The minimum Gasteiger partial charge on any atom is -0.492 e. The standard InChI is InChI=1S/C27H28N2O4S2/c1-3-33-23-11-7-12-24-26(23)28-27(34-24)29(19-21-9-5-4-6-10-21)25(30)13-8-18-35(31,32)22-16-14-20(2)15-17-22/h4-7,9-12,14-17H,3,8,13,18-19H2,1-2H3. The Morgan fingerprint density at radius 1 is 1.00 bits per heavy atom. The lowest BCUT2D eigenvalue weighted by molar-refractivity contribution is -0.118. The van der Waals surface area contributed by atoms with Crippen molar-refractivity contribution in [1.82, 2.24) is 4.98 Å². The SMILES string of the molecule is CCOc1cccc2sc(N(Cc3ccccc3)C(=O)CCCS(=O)(=O)c3ccc(C)cc3)nc12. The van der Waals surface area contributed by atoms with E-state index >= 15 is 0 Å². The molecule has 8 heteroatoms. The van der Waals surface area contributed by atoms with Crippen molar-refractivity contribution in [3.8, 4) is 5.75 Å². The smallest absolute Gasteiger partial charge is 0.229 e. The fraction of sp³-hybridized carbons (Fsp3) is 0.259. The van der Waals surface area contributed by atoms with Crippen LogP contribution in [0, 0.1) is 6.92 Å². The van der Waals surface area contributed by atoms with Crippen molar-refractivity contribution >= 4 is 42.4 Å². The van der Waals surface area contributed by atoms with Crippen molar-refractivity contribution in [1.29, 1.82) is 0 Å². The minimum atomic E-state index is -3.45. The van der Waals surface area contributed by atoms with Gasteiger partial charge in [-0.3, -0.25) is 9.69 Å². The molecule has 0 radical (unpaired) electrons. The zero-order valence-corrected chi connectivity index (χ0v) is 21.4. The first-order valence-corrected chi connectivity index (χ1v) is 14.0. The molecule has 1 amide bonds. The van der Waals surface area contributed by atoms with Crippen LogP contribution >= 0.6 is 11.3 Å². The molecule has 182 valence electrons. The Morgan fingerprint density at radius 2 is 1.74 bits per heavy atom. The number of hydrogen-bond acceptors (Lipinski definition) is 6. The predicted molar refractivity (Wildman–Crippen MR) is 141 cm³/mol. The molecule has 0 spiro atoms. The van der Waals surface area contributed by atoms with Crippen molar-refractivity contribution in [2.45, 2.75) is 38.1 Å². The molecule has 0 aliphatic carbocycles. The van der Waals surface area contributed by atoms with Crippen LogP contribution in [0.3, 0.4) is 0 Å². The number of aryl methyl sites for hydroxylation is 1. The van der Waals surface area contributed by atoms with Crippen LogP contribution in [-0.2, 0) is 21.2 Å². The van der Waals surface area contributed by atoms with Gasteiger partial charge in [0.15, 0.2) is 15.0 Å². The molecule has 0 bridgehead atoms. The number of rotatable bonds is 10. The number of para-hydroxylation sites is 1. The van der Waals surface area contributed by atoms with Gasteiger partial charge in [-0.15, -0.1) is 0 Å². The third-order valence-corrected chi connectivity index (χ3v) is 8.43. The van der Waals surface area contributed by atoms with Gasteiger partial charge in [-0.1, -0.05) is 65.4 Å². The molecule has 0 unspecified atom stereocenters. The third-order valence-electron chi connectivity index (χ3n) is 5.57. The number of nitrogens with zero attached hydrogens (tertiary/aromatic N) is 2. The Kier molecular flexibility index (Phi) is 7.83. The van der Waals surface area contributed by atoms with Crippen molar-refractivity contribution in [2.24, 2.45) is 0 Å². The van der Waals surface area contributed by atoms with Crippen molar-refractivity contribution in [3.63, 3.8) is 0 Å². The molecule has 1 heterocycles. The largest absolute Gasteiger partial charge is 0.492 e. The average molecular weight is 509 g/mol. The van der Waals surface area contributed by atoms with Gasteiger partial charge in [0.05, 0.1) is 28.5 Å². The number of thiazole rings is 1. The lowest BCUT2D eigenvalue weighted by Crippen LogP contribution is -2.30. The van der Waals surface area contributed by atoms with Gasteiger partial charge in [0, 0.05) is 6.42 Å². The number of ether oxygens (including phenoxy) is 1. The molecular formula is C27H28N2O4S2. The summed E-state index contributed by atoms with van der Waals surface area (Å²) in [5.41, 5.74) is 2.69. The van der Waals surface area contributed by atoms with E-state index in [1.165, 1.54) is 11.3 Å². The van der Waals surface area contributed by atoms with Crippen LogP contribution in [0.1, 0.15) is 30.9 Å². The maximum absolute atomic E-state index is 13.4. The van der Waals surface area contributed by atoms with E-state index in [4.69, 9.17) is 9.72 Å². The third kappa shape index (κ3) is 6.07. The lowest BCUT2D eigenvalue weighted by Gasteiger charge is -2.20. The Morgan fingerprint density at radius 3 is 2.46 bits per heavy atom. The molecule has 1 aromatic heterocycles. The first kappa shape index (κ1) is 24.9. The maximum atomic E-state index is 13.4. The van der Waals surface area contributed by atoms with Gasteiger partial charge in [-0.2, -0.15) is 0 Å². The highest BCUT2D eigenvalue weighted by atomic mass is 32.2. The maximum Gasteiger partial charge on any atom is 0.229 e. The molecule has 6 nitrogen and oxygen atoms in total. The van der Waals surface area contributed by atoms with Crippen LogP contribution in [0.4, 0.5) is 5.13 Å². The number of fused-ring (bicyclic) bond motifs is 1. The molecular weight excluding hydrogens is 480 g/mol. The summed E-state index contributed by atoms with van der Waals surface area (Å²) in [5.74, 6) is 0.434. The Labute approximate surface area is 210 Å². The van der Waals surface area contributed by atoms with E-state index < -0.39 is 9.84 Å². The van der Waals surface area contributed by atoms with Gasteiger partial charge in [0.25, 0.3) is 0 Å². The second kappa shape index (κ2) is 11.0. The summed E-state index contributed by atoms with van der Waals surface area (Å²) in [6.07, 6.45) is 0.335. The van der Waals surface area contributed by atoms with E-state index in [1.54, 1.807) is 29.2 Å². The van der Waals surface area contributed by atoms with Crippen molar-refractivity contribution < 1.29 is 17.9 Å². The summed E-state index contributed by atoms with van der Waals surface area (Å²) in [5, 5.41) is 0.572. The minimum absolute atomic E-state index is 0.0880. The second-order valence-corrected chi connectivity index (χ2v) is 11.4. The Hall–Kier alpha value is -3.23. The molecule has 0 atom stereocenters. The number of sulfone groups is 1. The van der Waals surface area contributed by atoms with Crippen LogP contribution in [0.5, 0.6) is 5.75 Å². The summed E-state index contributed by atoms with van der Waals surface area (Å²) in [7, 11) is -3.45. The molecule has 35 heavy (non-hydrogen) atoms. The highest BCUT2D eigenvalue weighted by molar-refractivity contribution is 7.91. The predicted octanol–water partition coefficient (Wildman–Crippen LogP) is 5.79. The van der Waals surface area contributed by atoms with E-state index in [9.17, 15) is 13.2 Å². The summed E-state index contributed by atoms with van der Waals surface area (Å²) >= 11 is 1.43. The monoisotopic (exact) mass is 508 g/mol. The highest BCUT2D eigenvalue weighted by Crippen LogP contribution is 2.35. The van der Waals surface area contributed by atoms with E-state index in [2.05, 4.69) is 0 Å². The average Bonchev–Trinajstić information content (AvgIpc) is 3.28. The number of benzene rings is 3. The fourth-order valence-corrected chi connectivity index (χ4v) is 6.05. The second-order valence-electron chi connectivity index (χ2n) is 8.23. The Balaban J connectivity index is 1.55. The van der Waals surface area contributed by atoms with E-state index in [0.29, 0.717) is 24.0 Å². The molecule has 3 aromatic carbocycles. The Bertz CT molecular complexity index is 1400.